The Labute approximate surface area is 146 Å². The van der Waals surface area contributed by atoms with Gasteiger partial charge in [0.15, 0.2) is 0 Å². The van der Waals surface area contributed by atoms with Crippen LogP contribution < -0.4 is 5.32 Å². The van der Waals surface area contributed by atoms with Gasteiger partial charge in [-0.3, -0.25) is 4.79 Å². The zero-order valence-electron chi connectivity index (χ0n) is 14.3. The van der Waals surface area contributed by atoms with Crippen LogP contribution in [0.25, 0.3) is 5.52 Å². The van der Waals surface area contributed by atoms with Gasteiger partial charge in [0, 0.05) is 12.6 Å². The number of pyridine rings is 1. The number of carbonyl (C=O) groups is 1. The molecular weight excluding hydrogens is 317 g/mol. The molecule has 0 radical (unpaired) electrons. The summed E-state index contributed by atoms with van der Waals surface area (Å²) in [5, 5.41) is 2.95. The number of aromatic nitrogens is 2. The van der Waals surface area contributed by atoms with Crippen LogP contribution in [-0.2, 0) is 11.3 Å². The summed E-state index contributed by atoms with van der Waals surface area (Å²) in [6, 6.07) is 12.3. The molecular formula is C20H22FN3O. The second-order valence-corrected chi connectivity index (χ2v) is 6.19. The second kappa shape index (κ2) is 7.92. The fraction of sp³-hybridized carbons (Fsp3) is 0.300. The van der Waals surface area contributed by atoms with E-state index in [1.165, 1.54) is 12.1 Å². The first kappa shape index (κ1) is 17.1. The maximum absolute atomic E-state index is 13.1. The van der Waals surface area contributed by atoms with Gasteiger partial charge in [0.1, 0.15) is 11.6 Å². The van der Waals surface area contributed by atoms with E-state index < -0.39 is 0 Å². The van der Waals surface area contributed by atoms with E-state index in [4.69, 9.17) is 0 Å². The molecule has 0 fully saturated rings. The molecule has 2 heterocycles. The summed E-state index contributed by atoms with van der Waals surface area (Å²) >= 11 is 0. The molecule has 1 aromatic carbocycles. The van der Waals surface area contributed by atoms with Crippen molar-refractivity contribution in [3.63, 3.8) is 0 Å². The highest BCUT2D eigenvalue weighted by Gasteiger charge is 2.16. The molecule has 1 unspecified atom stereocenters. The molecule has 2 aromatic heterocycles. The van der Waals surface area contributed by atoms with Gasteiger partial charge in [0.25, 0.3) is 0 Å². The van der Waals surface area contributed by atoms with E-state index in [1.807, 2.05) is 28.8 Å². The van der Waals surface area contributed by atoms with Crippen LogP contribution in [0.4, 0.5) is 4.39 Å². The van der Waals surface area contributed by atoms with Gasteiger partial charge in [-0.1, -0.05) is 31.5 Å². The Morgan fingerprint density at radius 2 is 2.04 bits per heavy atom. The van der Waals surface area contributed by atoms with Crippen molar-refractivity contribution in [1.29, 1.82) is 0 Å². The maximum Gasteiger partial charge on any atom is 0.220 e. The summed E-state index contributed by atoms with van der Waals surface area (Å²) < 4.78 is 15.1. The van der Waals surface area contributed by atoms with Crippen LogP contribution in [0.15, 0.2) is 54.9 Å². The molecule has 0 aliphatic carbocycles. The van der Waals surface area contributed by atoms with Crippen molar-refractivity contribution in [2.45, 2.75) is 38.6 Å². The molecule has 1 N–H and O–H groups in total. The third kappa shape index (κ3) is 4.24. The molecule has 4 nitrogen and oxygen atoms in total. The molecule has 0 aliphatic rings. The molecule has 0 bridgehead atoms. The summed E-state index contributed by atoms with van der Waals surface area (Å²) in [6.07, 6.45) is 5.98. The van der Waals surface area contributed by atoms with Gasteiger partial charge >= 0.3 is 0 Å². The van der Waals surface area contributed by atoms with Crippen molar-refractivity contribution in [2.75, 3.05) is 0 Å². The number of hydrogen-bond donors (Lipinski definition) is 1. The Morgan fingerprint density at radius 3 is 2.80 bits per heavy atom. The number of hydrogen-bond acceptors (Lipinski definition) is 2. The Balaban J connectivity index is 1.62. The van der Waals surface area contributed by atoms with Gasteiger partial charge < -0.3 is 9.72 Å². The van der Waals surface area contributed by atoms with E-state index in [1.54, 1.807) is 18.3 Å². The van der Waals surface area contributed by atoms with Crippen LogP contribution in [0.1, 0.15) is 43.5 Å². The Morgan fingerprint density at radius 1 is 1.24 bits per heavy atom. The molecule has 0 saturated heterocycles. The van der Waals surface area contributed by atoms with Crippen LogP contribution in [0, 0.1) is 5.82 Å². The number of nitrogens with zero attached hydrogens (tertiary/aromatic N) is 2. The van der Waals surface area contributed by atoms with E-state index in [0.717, 1.165) is 29.7 Å². The average Bonchev–Trinajstić information content (AvgIpc) is 3.03. The molecule has 5 heteroatoms. The summed E-state index contributed by atoms with van der Waals surface area (Å²) in [5.74, 6) is 0.630. The number of carbonyl (C=O) groups excluding carboxylic acids is 1. The van der Waals surface area contributed by atoms with Crippen molar-refractivity contribution >= 4 is 11.4 Å². The Bertz CT molecular complexity index is 842. The summed E-state index contributed by atoms with van der Waals surface area (Å²) in [5.41, 5.74) is 2.01. The number of benzene rings is 1. The number of amides is 1. The first-order valence-corrected chi connectivity index (χ1v) is 8.60. The summed E-state index contributed by atoms with van der Waals surface area (Å²) in [7, 11) is 0. The standard InChI is InChI=1S/C20H22FN3O/c1-2-5-16(15-7-9-17(21)10-8-15)12-20(25)23-14-19-22-13-18-6-3-4-11-24(18)19/h3-4,6-11,13,16H,2,5,12,14H2,1H3,(H,23,25). The van der Waals surface area contributed by atoms with E-state index in [0.29, 0.717) is 13.0 Å². The minimum absolute atomic E-state index is 0.0181. The summed E-state index contributed by atoms with van der Waals surface area (Å²) in [4.78, 5) is 16.7. The van der Waals surface area contributed by atoms with Crippen LogP contribution in [0.5, 0.6) is 0 Å². The lowest BCUT2D eigenvalue weighted by Gasteiger charge is -2.16. The lowest BCUT2D eigenvalue weighted by Crippen LogP contribution is -2.25. The molecule has 1 amide bonds. The van der Waals surface area contributed by atoms with Gasteiger partial charge in [-0.2, -0.15) is 0 Å². The molecule has 0 saturated carbocycles. The highest BCUT2D eigenvalue weighted by atomic mass is 19.1. The van der Waals surface area contributed by atoms with Gasteiger partial charge in [-0.25, -0.2) is 9.37 Å². The fourth-order valence-corrected chi connectivity index (χ4v) is 3.07. The normalized spacial score (nSPS) is 12.2. The van der Waals surface area contributed by atoms with Gasteiger partial charge in [0.05, 0.1) is 18.3 Å². The largest absolute Gasteiger partial charge is 0.349 e. The molecule has 3 aromatic rings. The monoisotopic (exact) mass is 339 g/mol. The highest BCUT2D eigenvalue weighted by molar-refractivity contribution is 5.76. The minimum Gasteiger partial charge on any atom is -0.349 e. The lowest BCUT2D eigenvalue weighted by molar-refractivity contribution is -0.121. The topological polar surface area (TPSA) is 46.4 Å². The molecule has 0 spiro atoms. The van der Waals surface area contributed by atoms with E-state index in [-0.39, 0.29) is 17.6 Å². The number of rotatable bonds is 7. The number of imidazole rings is 1. The fourth-order valence-electron chi connectivity index (χ4n) is 3.07. The smallest absolute Gasteiger partial charge is 0.220 e. The SMILES string of the molecule is CCCC(CC(=O)NCc1ncc2ccccn12)c1ccc(F)cc1. The first-order valence-electron chi connectivity index (χ1n) is 8.60. The zero-order chi connectivity index (χ0) is 17.6. The van der Waals surface area contributed by atoms with E-state index in [2.05, 4.69) is 17.2 Å². The molecule has 0 aliphatic heterocycles. The van der Waals surface area contributed by atoms with Gasteiger partial charge in [-0.15, -0.1) is 0 Å². The average molecular weight is 339 g/mol. The zero-order valence-corrected chi connectivity index (χ0v) is 14.3. The van der Waals surface area contributed by atoms with Crippen LogP contribution in [-0.4, -0.2) is 15.3 Å². The van der Waals surface area contributed by atoms with Crippen molar-refractivity contribution in [3.8, 4) is 0 Å². The van der Waals surface area contributed by atoms with Gasteiger partial charge in [0.2, 0.25) is 5.91 Å². The molecule has 25 heavy (non-hydrogen) atoms. The number of nitrogens with one attached hydrogen (secondary N) is 1. The van der Waals surface area contributed by atoms with Crippen molar-refractivity contribution in [1.82, 2.24) is 14.7 Å². The third-order valence-electron chi connectivity index (χ3n) is 4.37. The minimum atomic E-state index is -0.255. The number of halogens is 1. The van der Waals surface area contributed by atoms with Crippen molar-refractivity contribution in [3.05, 3.63) is 72.1 Å². The number of fused-ring (bicyclic) bond motifs is 1. The van der Waals surface area contributed by atoms with Crippen molar-refractivity contribution in [2.24, 2.45) is 0 Å². The van der Waals surface area contributed by atoms with Crippen LogP contribution in [0.3, 0.4) is 0 Å². The summed E-state index contributed by atoms with van der Waals surface area (Å²) in [6.45, 7) is 2.48. The second-order valence-electron chi connectivity index (χ2n) is 6.19. The molecule has 3 rings (SSSR count). The Kier molecular flexibility index (Phi) is 5.43. The van der Waals surface area contributed by atoms with E-state index in [9.17, 15) is 9.18 Å². The van der Waals surface area contributed by atoms with E-state index >= 15 is 0 Å². The quantitative estimate of drug-likeness (QED) is 0.705. The molecule has 1 atom stereocenters. The highest BCUT2D eigenvalue weighted by Crippen LogP contribution is 2.25. The third-order valence-corrected chi connectivity index (χ3v) is 4.37. The van der Waals surface area contributed by atoms with Crippen LogP contribution in [0.2, 0.25) is 0 Å². The maximum atomic E-state index is 13.1. The first-order chi connectivity index (χ1) is 12.2. The van der Waals surface area contributed by atoms with Gasteiger partial charge in [-0.05, 0) is 42.2 Å². The molecule has 130 valence electrons. The van der Waals surface area contributed by atoms with Crippen molar-refractivity contribution < 1.29 is 9.18 Å². The lowest BCUT2D eigenvalue weighted by atomic mass is 9.91. The predicted molar refractivity (Wildman–Crippen MR) is 95.7 cm³/mol. The van der Waals surface area contributed by atoms with Crippen LogP contribution >= 0.6 is 0 Å². The Hall–Kier alpha value is -2.69. The predicted octanol–water partition coefficient (Wildman–Crippen LogP) is 4.06.